The van der Waals surface area contributed by atoms with Gasteiger partial charge in [-0.1, -0.05) is 42.5 Å². The first-order valence-electron chi connectivity index (χ1n) is 9.70. The summed E-state index contributed by atoms with van der Waals surface area (Å²) < 4.78 is 0. The third-order valence-corrected chi connectivity index (χ3v) is 5.06. The van der Waals surface area contributed by atoms with E-state index in [0.29, 0.717) is 16.9 Å². The maximum atomic E-state index is 12.9. The minimum Gasteiger partial charge on any atom is -0.322 e. The lowest BCUT2D eigenvalue weighted by Crippen LogP contribution is -2.45. The van der Waals surface area contributed by atoms with E-state index in [9.17, 15) is 19.2 Å². The number of carbonyl (C=O) groups excluding carboxylic acids is 4. The van der Waals surface area contributed by atoms with Crippen LogP contribution in [0.1, 0.15) is 38.0 Å². The van der Waals surface area contributed by atoms with Gasteiger partial charge in [0.05, 0.1) is 22.5 Å². The minimum absolute atomic E-state index is 0.280. The molecule has 0 aliphatic carbocycles. The molecule has 0 spiro atoms. The van der Waals surface area contributed by atoms with E-state index in [1.54, 1.807) is 72.8 Å². The van der Waals surface area contributed by atoms with E-state index >= 15 is 0 Å². The number of imide groups is 1. The second-order valence-electron chi connectivity index (χ2n) is 7.06. The summed E-state index contributed by atoms with van der Waals surface area (Å²) in [5, 5.41) is 5.48. The van der Waals surface area contributed by atoms with Crippen molar-refractivity contribution in [1.29, 1.82) is 0 Å². The van der Waals surface area contributed by atoms with Gasteiger partial charge in [-0.2, -0.15) is 0 Å². The molecule has 3 aromatic rings. The summed E-state index contributed by atoms with van der Waals surface area (Å²) in [6.45, 7) is 1.49. The molecule has 1 atom stereocenters. The monoisotopic (exact) mass is 413 g/mol. The number of carbonyl (C=O) groups is 4. The number of para-hydroxylation sites is 2. The molecule has 0 radical (unpaired) electrons. The van der Waals surface area contributed by atoms with E-state index < -0.39 is 23.8 Å². The van der Waals surface area contributed by atoms with Crippen molar-refractivity contribution in [2.24, 2.45) is 0 Å². The lowest BCUT2D eigenvalue weighted by molar-refractivity contribution is -0.119. The molecule has 7 heteroatoms. The van der Waals surface area contributed by atoms with Crippen LogP contribution in [-0.2, 0) is 4.79 Å². The molecule has 1 aliphatic heterocycles. The number of fused-ring (bicyclic) bond motifs is 1. The van der Waals surface area contributed by atoms with Gasteiger partial charge in [-0.15, -0.1) is 0 Å². The van der Waals surface area contributed by atoms with Crippen LogP contribution in [0.15, 0.2) is 78.9 Å². The smallest absolute Gasteiger partial charge is 0.262 e. The Morgan fingerprint density at radius 3 is 1.77 bits per heavy atom. The third kappa shape index (κ3) is 3.81. The molecule has 31 heavy (non-hydrogen) atoms. The summed E-state index contributed by atoms with van der Waals surface area (Å²) in [5.41, 5.74) is 1.80. The molecule has 3 aromatic carbocycles. The zero-order valence-corrected chi connectivity index (χ0v) is 16.7. The van der Waals surface area contributed by atoms with Crippen molar-refractivity contribution in [2.75, 3.05) is 10.6 Å². The van der Waals surface area contributed by atoms with E-state index in [1.807, 2.05) is 6.07 Å². The Kier molecular flexibility index (Phi) is 5.32. The van der Waals surface area contributed by atoms with E-state index in [0.717, 1.165) is 4.90 Å². The van der Waals surface area contributed by atoms with Crippen molar-refractivity contribution in [1.82, 2.24) is 4.90 Å². The summed E-state index contributed by atoms with van der Waals surface area (Å²) in [6.07, 6.45) is 0. The van der Waals surface area contributed by atoms with Crippen molar-refractivity contribution < 1.29 is 19.2 Å². The molecule has 7 nitrogen and oxygen atoms in total. The SMILES string of the molecule is CC(C(=O)Nc1ccccc1NC(=O)c1ccccc1)N1C(=O)c2ccccc2C1=O. The van der Waals surface area contributed by atoms with Crippen molar-refractivity contribution in [2.45, 2.75) is 13.0 Å². The van der Waals surface area contributed by atoms with Gasteiger partial charge in [0.2, 0.25) is 5.91 Å². The Morgan fingerprint density at radius 2 is 1.19 bits per heavy atom. The van der Waals surface area contributed by atoms with Crippen LogP contribution < -0.4 is 10.6 Å². The van der Waals surface area contributed by atoms with Crippen LogP contribution in [0.4, 0.5) is 11.4 Å². The predicted molar refractivity (Wildman–Crippen MR) is 116 cm³/mol. The summed E-state index contributed by atoms with van der Waals surface area (Å²) in [7, 11) is 0. The fourth-order valence-corrected chi connectivity index (χ4v) is 3.40. The molecule has 4 amide bonds. The Labute approximate surface area is 178 Å². The second kappa shape index (κ2) is 8.23. The third-order valence-electron chi connectivity index (χ3n) is 5.06. The Bertz CT molecular complexity index is 1160. The van der Waals surface area contributed by atoms with Gasteiger partial charge in [0.15, 0.2) is 0 Å². The summed E-state index contributed by atoms with van der Waals surface area (Å²) in [6, 6.07) is 20.8. The zero-order chi connectivity index (χ0) is 22.0. The second-order valence-corrected chi connectivity index (χ2v) is 7.06. The number of amides is 4. The van der Waals surface area contributed by atoms with E-state index in [1.165, 1.54) is 6.92 Å². The quantitative estimate of drug-likeness (QED) is 0.625. The molecule has 1 heterocycles. The Balaban J connectivity index is 1.51. The summed E-state index contributed by atoms with van der Waals surface area (Å²) >= 11 is 0. The van der Waals surface area contributed by atoms with Crippen LogP contribution in [0.5, 0.6) is 0 Å². The van der Waals surface area contributed by atoms with Crippen LogP contribution in [0.3, 0.4) is 0 Å². The van der Waals surface area contributed by atoms with Gasteiger partial charge in [0.1, 0.15) is 6.04 Å². The molecule has 2 N–H and O–H groups in total. The van der Waals surface area contributed by atoms with Gasteiger partial charge in [-0.25, -0.2) is 0 Å². The molecular formula is C24H19N3O4. The van der Waals surface area contributed by atoms with Gasteiger partial charge >= 0.3 is 0 Å². The van der Waals surface area contributed by atoms with Crippen LogP contribution in [0.25, 0.3) is 0 Å². The molecule has 0 fully saturated rings. The lowest BCUT2D eigenvalue weighted by atomic mass is 10.1. The van der Waals surface area contributed by atoms with Crippen molar-refractivity contribution in [3.63, 3.8) is 0 Å². The van der Waals surface area contributed by atoms with Crippen LogP contribution in [0.2, 0.25) is 0 Å². The molecule has 0 saturated carbocycles. The molecular weight excluding hydrogens is 394 g/mol. The summed E-state index contributed by atoms with van der Waals surface area (Å²) in [5.74, 6) is -1.88. The molecule has 0 aromatic heterocycles. The number of nitrogens with zero attached hydrogens (tertiary/aromatic N) is 1. The standard InChI is InChI=1S/C24H19N3O4/c1-15(27-23(30)17-11-5-6-12-18(17)24(27)31)21(28)25-19-13-7-8-14-20(19)26-22(29)16-9-3-2-4-10-16/h2-15H,1H3,(H,25,28)(H,26,29). The van der Waals surface area contributed by atoms with Gasteiger partial charge in [-0.3, -0.25) is 24.1 Å². The maximum Gasteiger partial charge on any atom is 0.262 e. The average molecular weight is 413 g/mol. The van der Waals surface area contributed by atoms with Crippen LogP contribution in [-0.4, -0.2) is 34.6 Å². The predicted octanol–water partition coefficient (Wildman–Crippen LogP) is 3.56. The van der Waals surface area contributed by atoms with Crippen molar-refractivity contribution >= 4 is 35.0 Å². The van der Waals surface area contributed by atoms with Gasteiger partial charge in [-0.05, 0) is 43.3 Å². The Morgan fingerprint density at radius 1 is 0.710 bits per heavy atom. The topological polar surface area (TPSA) is 95.6 Å². The lowest BCUT2D eigenvalue weighted by Gasteiger charge is -2.22. The summed E-state index contributed by atoms with van der Waals surface area (Å²) in [4.78, 5) is 51.6. The molecule has 0 saturated heterocycles. The molecule has 4 rings (SSSR count). The minimum atomic E-state index is -1.04. The van der Waals surface area contributed by atoms with Crippen molar-refractivity contribution in [3.05, 3.63) is 95.6 Å². The first kappa shape index (κ1) is 20.0. The van der Waals surface area contributed by atoms with E-state index in [-0.39, 0.29) is 17.0 Å². The normalized spacial score (nSPS) is 13.5. The highest BCUT2D eigenvalue weighted by atomic mass is 16.2. The number of benzene rings is 3. The molecule has 1 aliphatic rings. The first-order valence-corrected chi connectivity index (χ1v) is 9.70. The fourth-order valence-electron chi connectivity index (χ4n) is 3.40. The average Bonchev–Trinajstić information content (AvgIpc) is 3.05. The molecule has 0 bridgehead atoms. The fraction of sp³-hybridized carbons (Fsp3) is 0.0833. The largest absolute Gasteiger partial charge is 0.322 e. The number of hydrogen-bond acceptors (Lipinski definition) is 4. The number of hydrogen-bond donors (Lipinski definition) is 2. The van der Waals surface area contributed by atoms with E-state index in [4.69, 9.17) is 0 Å². The highest BCUT2D eigenvalue weighted by Crippen LogP contribution is 2.26. The highest BCUT2D eigenvalue weighted by Gasteiger charge is 2.40. The zero-order valence-electron chi connectivity index (χ0n) is 16.7. The van der Waals surface area contributed by atoms with Crippen LogP contribution in [0, 0.1) is 0 Å². The van der Waals surface area contributed by atoms with Crippen molar-refractivity contribution in [3.8, 4) is 0 Å². The molecule has 1 unspecified atom stereocenters. The highest BCUT2D eigenvalue weighted by molar-refractivity contribution is 6.23. The first-order chi connectivity index (χ1) is 15.0. The molecule has 154 valence electrons. The van der Waals surface area contributed by atoms with Gasteiger partial charge in [0, 0.05) is 5.56 Å². The maximum absolute atomic E-state index is 12.9. The van der Waals surface area contributed by atoms with E-state index in [2.05, 4.69) is 10.6 Å². The Hall–Kier alpha value is -4.26. The van der Waals surface area contributed by atoms with Gasteiger partial charge < -0.3 is 10.6 Å². The number of rotatable bonds is 5. The van der Waals surface area contributed by atoms with Gasteiger partial charge in [0.25, 0.3) is 17.7 Å². The van der Waals surface area contributed by atoms with Crippen LogP contribution >= 0.6 is 0 Å². The number of anilines is 2. The number of nitrogens with one attached hydrogen (secondary N) is 2.